The predicted octanol–water partition coefficient (Wildman–Crippen LogP) is 3.36. The number of carbonyl (C=O) groups excluding carboxylic acids is 2. The van der Waals surface area contributed by atoms with E-state index < -0.39 is 5.41 Å². The van der Waals surface area contributed by atoms with Gasteiger partial charge in [-0.05, 0) is 36.6 Å². The van der Waals surface area contributed by atoms with Crippen LogP contribution in [0.5, 0.6) is 11.5 Å². The second-order valence-electron chi connectivity index (χ2n) is 7.85. The van der Waals surface area contributed by atoms with Gasteiger partial charge in [0.05, 0.1) is 17.0 Å². The van der Waals surface area contributed by atoms with E-state index in [-0.39, 0.29) is 17.9 Å². The van der Waals surface area contributed by atoms with Gasteiger partial charge in [0.25, 0.3) is 5.91 Å². The molecule has 2 aromatic rings. The molecule has 0 bridgehead atoms. The SMILES string of the molecule is CCC[C@@H]1N(C(=O)c2cccc3c2OCCO3)CC[C@@]12C(=O)Nc1ccccc12. The number of hydrogen-bond donors (Lipinski definition) is 1. The van der Waals surface area contributed by atoms with Crippen molar-refractivity contribution in [3.63, 3.8) is 0 Å². The Morgan fingerprint density at radius 2 is 2.00 bits per heavy atom. The van der Waals surface area contributed by atoms with Crippen molar-refractivity contribution in [2.24, 2.45) is 0 Å². The van der Waals surface area contributed by atoms with Gasteiger partial charge in [0.15, 0.2) is 11.5 Å². The number of nitrogens with one attached hydrogen (secondary N) is 1. The third-order valence-electron chi connectivity index (χ3n) is 6.37. The number of ether oxygens (including phenoxy) is 2. The van der Waals surface area contributed by atoms with Gasteiger partial charge in [-0.15, -0.1) is 0 Å². The molecular weight excluding hydrogens is 368 g/mol. The van der Waals surface area contributed by atoms with Crippen LogP contribution in [0.25, 0.3) is 0 Å². The average molecular weight is 392 g/mol. The van der Waals surface area contributed by atoms with Gasteiger partial charge in [-0.1, -0.05) is 37.6 Å². The summed E-state index contributed by atoms with van der Waals surface area (Å²) in [5, 5.41) is 3.05. The van der Waals surface area contributed by atoms with Crippen molar-refractivity contribution in [1.29, 1.82) is 0 Å². The first-order valence-corrected chi connectivity index (χ1v) is 10.3. The van der Waals surface area contributed by atoms with E-state index >= 15 is 0 Å². The number of nitrogens with zero attached hydrogens (tertiary/aromatic N) is 1. The van der Waals surface area contributed by atoms with Crippen molar-refractivity contribution >= 4 is 17.5 Å². The van der Waals surface area contributed by atoms with Crippen molar-refractivity contribution in [2.75, 3.05) is 25.1 Å². The molecule has 1 N–H and O–H groups in total. The molecule has 2 amide bonds. The Morgan fingerprint density at radius 3 is 2.86 bits per heavy atom. The summed E-state index contributed by atoms with van der Waals surface area (Å²) >= 11 is 0. The maximum Gasteiger partial charge on any atom is 0.258 e. The molecule has 3 heterocycles. The second-order valence-corrected chi connectivity index (χ2v) is 7.85. The highest BCUT2D eigenvalue weighted by atomic mass is 16.6. The van der Waals surface area contributed by atoms with E-state index in [0.717, 1.165) is 24.1 Å². The largest absolute Gasteiger partial charge is 0.486 e. The van der Waals surface area contributed by atoms with Crippen LogP contribution in [-0.4, -0.2) is 42.5 Å². The van der Waals surface area contributed by atoms with Crippen molar-refractivity contribution < 1.29 is 19.1 Å². The topological polar surface area (TPSA) is 67.9 Å². The number of likely N-dealkylation sites (tertiary alicyclic amines) is 1. The van der Waals surface area contributed by atoms with E-state index in [2.05, 4.69) is 12.2 Å². The smallest absolute Gasteiger partial charge is 0.258 e. The summed E-state index contributed by atoms with van der Waals surface area (Å²) in [6, 6.07) is 13.1. The van der Waals surface area contributed by atoms with Crippen LogP contribution in [0.3, 0.4) is 0 Å². The molecule has 2 atom stereocenters. The number of hydrogen-bond acceptors (Lipinski definition) is 4. The zero-order valence-electron chi connectivity index (χ0n) is 16.4. The standard InChI is InChI=1S/C23H24N2O4/c1-2-6-19-23(16-8-3-4-9-17(16)24-22(23)27)11-12-25(19)21(26)15-7-5-10-18-20(15)29-14-13-28-18/h3-5,7-10,19H,2,6,11-14H2,1H3,(H,24,27)/t19-,23-/m0/s1. The summed E-state index contributed by atoms with van der Waals surface area (Å²) in [4.78, 5) is 28.7. The summed E-state index contributed by atoms with van der Waals surface area (Å²) < 4.78 is 11.4. The number of para-hydroxylation sites is 2. The van der Waals surface area contributed by atoms with Crippen LogP contribution in [0.4, 0.5) is 5.69 Å². The van der Waals surface area contributed by atoms with E-state index in [9.17, 15) is 9.59 Å². The third-order valence-corrected chi connectivity index (χ3v) is 6.37. The highest BCUT2D eigenvalue weighted by Crippen LogP contribution is 2.50. The Balaban J connectivity index is 1.56. The van der Waals surface area contributed by atoms with Gasteiger partial charge in [-0.2, -0.15) is 0 Å². The molecule has 0 unspecified atom stereocenters. The van der Waals surface area contributed by atoms with Crippen LogP contribution in [0.15, 0.2) is 42.5 Å². The molecule has 6 nitrogen and oxygen atoms in total. The van der Waals surface area contributed by atoms with E-state index in [0.29, 0.717) is 43.2 Å². The van der Waals surface area contributed by atoms with Crippen LogP contribution in [0, 0.1) is 0 Å². The quantitative estimate of drug-likeness (QED) is 0.870. The molecule has 1 saturated heterocycles. The predicted molar refractivity (Wildman–Crippen MR) is 109 cm³/mol. The third kappa shape index (κ3) is 2.55. The van der Waals surface area contributed by atoms with E-state index in [1.54, 1.807) is 6.07 Å². The molecule has 0 aromatic heterocycles. The molecule has 1 fully saturated rings. The molecule has 150 valence electrons. The van der Waals surface area contributed by atoms with Crippen LogP contribution in [0.1, 0.15) is 42.1 Å². The Hall–Kier alpha value is -3.02. The van der Waals surface area contributed by atoms with Crippen molar-refractivity contribution in [1.82, 2.24) is 4.90 Å². The van der Waals surface area contributed by atoms with Gasteiger partial charge in [0, 0.05) is 12.2 Å². The molecule has 0 aliphatic carbocycles. The number of carbonyl (C=O) groups is 2. The summed E-state index contributed by atoms with van der Waals surface area (Å²) in [6.07, 6.45) is 2.27. The molecule has 1 spiro atoms. The van der Waals surface area contributed by atoms with Gasteiger partial charge in [0.1, 0.15) is 13.2 Å². The van der Waals surface area contributed by atoms with E-state index in [1.165, 1.54) is 0 Å². The first kappa shape index (κ1) is 18.0. The van der Waals surface area contributed by atoms with Crippen molar-refractivity contribution in [3.8, 4) is 11.5 Å². The number of anilines is 1. The molecule has 6 heteroatoms. The average Bonchev–Trinajstić information content (AvgIpc) is 3.27. The van der Waals surface area contributed by atoms with Gasteiger partial charge >= 0.3 is 0 Å². The Labute approximate surface area is 169 Å². The van der Waals surface area contributed by atoms with E-state index in [1.807, 2.05) is 41.3 Å². The number of rotatable bonds is 3. The maximum atomic E-state index is 13.6. The van der Waals surface area contributed by atoms with Gasteiger partial charge in [-0.3, -0.25) is 9.59 Å². The molecule has 3 aliphatic rings. The van der Waals surface area contributed by atoms with Crippen LogP contribution in [0.2, 0.25) is 0 Å². The number of amides is 2. The lowest BCUT2D eigenvalue weighted by Gasteiger charge is -2.34. The highest BCUT2D eigenvalue weighted by molar-refractivity contribution is 6.08. The van der Waals surface area contributed by atoms with Crippen molar-refractivity contribution in [2.45, 2.75) is 37.6 Å². The molecule has 5 rings (SSSR count). The lowest BCUT2D eigenvalue weighted by atomic mass is 9.73. The Bertz CT molecular complexity index is 989. The number of fused-ring (bicyclic) bond motifs is 3. The van der Waals surface area contributed by atoms with Crippen LogP contribution >= 0.6 is 0 Å². The van der Waals surface area contributed by atoms with Crippen LogP contribution in [-0.2, 0) is 10.2 Å². The minimum atomic E-state index is -0.686. The maximum absolute atomic E-state index is 13.6. The fraction of sp³-hybridized carbons (Fsp3) is 0.391. The van der Waals surface area contributed by atoms with Gasteiger partial charge < -0.3 is 19.7 Å². The zero-order valence-corrected chi connectivity index (χ0v) is 16.4. The molecule has 0 radical (unpaired) electrons. The second kappa shape index (κ2) is 6.79. The number of benzene rings is 2. The molecular formula is C23H24N2O4. The minimum absolute atomic E-state index is 0.00197. The first-order chi connectivity index (χ1) is 14.2. The molecule has 29 heavy (non-hydrogen) atoms. The summed E-state index contributed by atoms with van der Waals surface area (Å²) in [7, 11) is 0. The lowest BCUT2D eigenvalue weighted by molar-refractivity contribution is -0.121. The minimum Gasteiger partial charge on any atom is -0.486 e. The highest BCUT2D eigenvalue weighted by Gasteiger charge is 2.58. The molecule has 2 aromatic carbocycles. The fourth-order valence-corrected chi connectivity index (χ4v) is 5.12. The monoisotopic (exact) mass is 392 g/mol. The zero-order chi connectivity index (χ0) is 20.0. The lowest BCUT2D eigenvalue weighted by Crippen LogP contribution is -2.48. The fourth-order valence-electron chi connectivity index (χ4n) is 5.12. The first-order valence-electron chi connectivity index (χ1n) is 10.3. The van der Waals surface area contributed by atoms with Gasteiger partial charge in [-0.25, -0.2) is 0 Å². The summed E-state index contributed by atoms with van der Waals surface area (Å²) in [6.45, 7) is 3.53. The Kier molecular flexibility index (Phi) is 4.23. The summed E-state index contributed by atoms with van der Waals surface area (Å²) in [5.41, 5.74) is 1.69. The van der Waals surface area contributed by atoms with Gasteiger partial charge in [0.2, 0.25) is 5.91 Å². The van der Waals surface area contributed by atoms with Crippen LogP contribution < -0.4 is 14.8 Å². The molecule has 0 saturated carbocycles. The molecule has 3 aliphatic heterocycles. The Morgan fingerprint density at radius 1 is 1.17 bits per heavy atom. The van der Waals surface area contributed by atoms with E-state index in [4.69, 9.17) is 9.47 Å². The van der Waals surface area contributed by atoms with Crippen molar-refractivity contribution in [3.05, 3.63) is 53.6 Å². The normalized spacial score (nSPS) is 24.5. The summed E-state index contributed by atoms with van der Waals surface area (Å²) in [5.74, 6) is 1.02.